The summed E-state index contributed by atoms with van der Waals surface area (Å²) in [5.41, 5.74) is 9.24. The van der Waals surface area contributed by atoms with Crippen LogP contribution >= 0.6 is 0 Å². The van der Waals surface area contributed by atoms with Crippen LogP contribution in [0.4, 0.5) is 11.4 Å². The number of nitrogens with one attached hydrogen (secondary N) is 1. The van der Waals surface area contributed by atoms with Crippen LogP contribution in [0.25, 0.3) is 0 Å². The number of benzene rings is 1. The zero-order chi connectivity index (χ0) is 13.4. The largest absolute Gasteiger partial charge is 0.399 e. The lowest BCUT2D eigenvalue weighted by Gasteiger charge is -2.42. The van der Waals surface area contributed by atoms with Crippen molar-refractivity contribution in [3.8, 4) is 0 Å². The Balaban J connectivity index is 1.77. The van der Waals surface area contributed by atoms with E-state index in [-0.39, 0.29) is 5.91 Å². The van der Waals surface area contributed by atoms with E-state index in [4.69, 9.17) is 5.73 Å². The van der Waals surface area contributed by atoms with Crippen LogP contribution in [0, 0.1) is 12.8 Å². The number of carbonyl (C=O) groups is 1. The molecule has 1 aromatic rings. The predicted octanol–water partition coefficient (Wildman–Crippen LogP) is 1.68. The molecule has 2 unspecified atom stereocenters. The normalized spacial score (nSPS) is 26.8. The number of piperidine rings is 2. The Kier molecular flexibility index (Phi) is 3.09. The highest BCUT2D eigenvalue weighted by atomic mass is 16.1. The van der Waals surface area contributed by atoms with E-state index in [9.17, 15) is 4.79 Å². The quantitative estimate of drug-likeness (QED) is 0.754. The van der Waals surface area contributed by atoms with E-state index in [0.717, 1.165) is 31.6 Å². The Hall–Kier alpha value is -1.71. The Morgan fingerprint density at radius 3 is 3.05 bits per heavy atom. The molecule has 2 fully saturated rings. The van der Waals surface area contributed by atoms with Crippen LogP contribution in [0.15, 0.2) is 18.2 Å². The van der Waals surface area contributed by atoms with Crippen molar-refractivity contribution in [1.29, 1.82) is 0 Å². The van der Waals surface area contributed by atoms with Crippen molar-refractivity contribution in [3.05, 3.63) is 23.8 Å². The third-order valence-electron chi connectivity index (χ3n) is 4.40. The predicted molar refractivity (Wildman–Crippen MR) is 77.1 cm³/mol. The van der Waals surface area contributed by atoms with Gasteiger partial charge in [-0.2, -0.15) is 0 Å². The van der Waals surface area contributed by atoms with Crippen molar-refractivity contribution in [2.75, 3.05) is 23.7 Å². The summed E-state index contributed by atoms with van der Waals surface area (Å²) in [5, 5.41) is 3.13. The van der Waals surface area contributed by atoms with Crippen LogP contribution in [-0.2, 0) is 4.79 Å². The number of fused-ring (bicyclic) bond motifs is 1. The zero-order valence-corrected chi connectivity index (χ0v) is 11.4. The average Bonchev–Trinajstić information content (AvgIpc) is 2.41. The molecular formula is C15H21N3O. The van der Waals surface area contributed by atoms with Gasteiger partial charge in [0.05, 0.1) is 0 Å². The summed E-state index contributed by atoms with van der Waals surface area (Å²) in [7, 11) is 0. The fourth-order valence-corrected chi connectivity index (χ4v) is 3.30. The second-order valence-electron chi connectivity index (χ2n) is 5.75. The lowest BCUT2D eigenvalue weighted by Crippen LogP contribution is -2.54. The SMILES string of the molecule is Cc1ccc(N)cc1N1CCC2NC(=O)CCC2C1. The van der Waals surface area contributed by atoms with Crippen LogP contribution < -0.4 is 16.0 Å². The van der Waals surface area contributed by atoms with Gasteiger partial charge in [0, 0.05) is 36.9 Å². The summed E-state index contributed by atoms with van der Waals surface area (Å²) in [5.74, 6) is 0.794. The van der Waals surface area contributed by atoms with E-state index in [2.05, 4.69) is 29.3 Å². The highest BCUT2D eigenvalue weighted by Crippen LogP contribution is 2.31. The average molecular weight is 259 g/mol. The van der Waals surface area contributed by atoms with Gasteiger partial charge in [-0.3, -0.25) is 4.79 Å². The maximum Gasteiger partial charge on any atom is 0.220 e. The number of nitrogens with two attached hydrogens (primary N) is 1. The van der Waals surface area contributed by atoms with E-state index in [0.29, 0.717) is 18.4 Å². The fourth-order valence-electron chi connectivity index (χ4n) is 3.30. The molecule has 2 aliphatic rings. The number of hydrogen-bond acceptors (Lipinski definition) is 3. The maximum atomic E-state index is 11.4. The first-order valence-electron chi connectivity index (χ1n) is 7.04. The summed E-state index contributed by atoms with van der Waals surface area (Å²) in [6, 6.07) is 6.47. The second-order valence-corrected chi connectivity index (χ2v) is 5.75. The lowest BCUT2D eigenvalue weighted by molar-refractivity contribution is -0.124. The van der Waals surface area contributed by atoms with Crippen LogP contribution in [0.1, 0.15) is 24.8 Å². The molecule has 0 saturated carbocycles. The Bertz CT molecular complexity index is 500. The third kappa shape index (κ3) is 2.39. The first-order valence-corrected chi connectivity index (χ1v) is 7.04. The van der Waals surface area contributed by atoms with Gasteiger partial charge in [0.1, 0.15) is 0 Å². The first kappa shape index (κ1) is 12.3. The van der Waals surface area contributed by atoms with Crippen molar-refractivity contribution in [2.24, 2.45) is 5.92 Å². The van der Waals surface area contributed by atoms with E-state index < -0.39 is 0 Å². The standard InChI is InChI=1S/C15H21N3O/c1-10-2-4-12(16)8-14(10)18-7-6-13-11(9-18)3-5-15(19)17-13/h2,4,8,11,13H,3,5-7,9,16H2,1H3,(H,17,19). The van der Waals surface area contributed by atoms with Crippen LogP contribution in [-0.4, -0.2) is 25.0 Å². The van der Waals surface area contributed by atoms with Crippen LogP contribution in [0.3, 0.4) is 0 Å². The highest BCUT2D eigenvalue weighted by molar-refractivity contribution is 5.77. The molecule has 19 heavy (non-hydrogen) atoms. The molecule has 2 atom stereocenters. The van der Waals surface area contributed by atoms with Gasteiger partial charge >= 0.3 is 0 Å². The van der Waals surface area contributed by atoms with Gasteiger partial charge in [0.25, 0.3) is 0 Å². The molecule has 102 valence electrons. The Morgan fingerprint density at radius 1 is 1.37 bits per heavy atom. The topological polar surface area (TPSA) is 58.4 Å². The molecule has 2 saturated heterocycles. The van der Waals surface area contributed by atoms with Gasteiger partial charge in [0.2, 0.25) is 5.91 Å². The summed E-state index contributed by atoms with van der Waals surface area (Å²) in [6.45, 7) is 4.14. The van der Waals surface area contributed by atoms with E-state index in [1.807, 2.05) is 6.07 Å². The van der Waals surface area contributed by atoms with Gasteiger partial charge < -0.3 is 16.0 Å². The van der Waals surface area contributed by atoms with Crippen molar-refractivity contribution in [3.63, 3.8) is 0 Å². The van der Waals surface area contributed by atoms with Gasteiger partial charge in [-0.25, -0.2) is 0 Å². The Labute approximate surface area is 114 Å². The number of nitrogen functional groups attached to an aromatic ring is 1. The molecule has 4 nitrogen and oxygen atoms in total. The number of nitrogens with zero attached hydrogens (tertiary/aromatic N) is 1. The summed E-state index contributed by atoms with van der Waals surface area (Å²) >= 11 is 0. The van der Waals surface area contributed by atoms with Gasteiger partial charge in [-0.1, -0.05) is 6.07 Å². The summed E-state index contributed by atoms with van der Waals surface area (Å²) in [4.78, 5) is 13.8. The van der Waals surface area contributed by atoms with E-state index in [1.165, 1.54) is 11.3 Å². The molecule has 2 heterocycles. The number of carbonyl (C=O) groups excluding carboxylic acids is 1. The molecule has 0 radical (unpaired) electrons. The maximum absolute atomic E-state index is 11.4. The highest BCUT2D eigenvalue weighted by Gasteiger charge is 2.34. The summed E-state index contributed by atoms with van der Waals surface area (Å²) in [6.07, 6.45) is 2.71. The molecule has 1 aromatic carbocycles. The van der Waals surface area contributed by atoms with E-state index in [1.54, 1.807) is 0 Å². The van der Waals surface area contributed by atoms with Gasteiger partial charge in [-0.15, -0.1) is 0 Å². The third-order valence-corrected chi connectivity index (χ3v) is 4.40. The molecule has 0 aromatic heterocycles. The molecule has 2 aliphatic heterocycles. The number of aryl methyl sites for hydroxylation is 1. The van der Waals surface area contributed by atoms with Crippen molar-refractivity contribution in [1.82, 2.24) is 5.32 Å². The fraction of sp³-hybridized carbons (Fsp3) is 0.533. The monoisotopic (exact) mass is 259 g/mol. The molecule has 3 N–H and O–H groups in total. The molecule has 1 amide bonds. The molecule has 4 heteroatoms. The molecule has 3 rings (SSSR count). The molecular weight excluding hydrogens is 238 g/mol. The van der Waals surface area contributed by atoms with Crippen molar-refractivity contribution < 1.29 is 4.79 Å². The minimum atomic E-state index is 0.217. The zero-order valence-electron chi connectivity index (χ0n) is 11.4. The van der Waals surface area contributed by atoms with Gasteiger partial charge in [0.15, 0.2) is 0 Å². The van der Waals surface area contributed by atoms with Crippen molar-refractivity contribution >= 4 is 17.3 Å². The van der Waals surface area contributed by atoms with Gasteiger partial charge in [-0.05, 0) is 43.4 Å². The summed E-state index contributed by atoms with van der Waals surface area (Å²) < 4.78 is 0. The number of anilines is 2. The second kappa shape index (κ2) is 4.76. The van der Waals surface area contributed by atoms with Crippen LogP contribution in [0.2, 0.25) is 0 Å². The van der Waals surface area contributed by atoms with Crippen LogP contribution in [0.5, 0.6) is 0 Å². The molecule has 0 aliphatic carbocycles. The minimum absolute atomic E-state index is 0.217. The lowest BCUT2D eigenvalue weighted by atomic mass is 9.85. The minimum Gasteiger partial charge on any atom is -0.399 e. The molecule has 0 bridgehead atoms. The number of hydrogen-bond donors (Lipinski definition) is 2. The van der Waals surface area contributed by atoms with Crippen molar-refractivity contribution in [2.45, 2.75) is 32.2 Å². The Morgan fingerprint density at radius 2 is 2.21 bits per heavy atom. The first-order chi connectivity index (χ1) is 9.13. The molecule has 0 spiro atoms. The van der Waals surface area contributed by atoms with E-state index >= 15 is 0 Å². The smallest absolute Gasteiger partial charge is 0.220 e. The number of rotatable bonds is 1. The number of amides is 1.